The van der Waals surface area contributed by atoms with Gasteiger partial charge in [-0.1, -0.05) is 35.9 Å². The molecular weight excluding hydrogens is 378 g/mol. The second-order valence-electron chi connectivity index (χ2n) is 8.03. The molecule has 1 aliphatic rings. The highest BCUT2D eigenvalue weighted by molar-refractivity contribution is 7.13. The summed E-state index contributed by atoms with van der Waals surface area (Å²) in [5.41, 5.74) is 4.95. The van der Waals surface area contributed by atoms with Gasteiger partial charge in [0.2, 0.25) is 0 Å². The van der Waals surface area contributed by atoms with Crippen molar-refractivity contribution >= 4 is 22.4 Å². The maximum atomic E-state index is 11.2. The number of aryl methyl sites for hydroxylation is 1. The van der Waals surface area contributed by atoms with Crippen molar-refractivity contribution < 1.29 is 5.11 Å². The zero-order valence-electron chi connectivity index (χ0n) is 16.6. The summed E-state index contributed by atoms with van der Waals surface area (Å²) in [7, 11) is 0. The summed E-state index contributed by atoms with van der Waals surface area (Å²) in [5.74, 6) is 0. The fourth-order valence-corrected chi connectivity index (χ4v) is 5.15. The van der Waals surface area contributed by atoms with Gasteiger partial charge in [-0.05, 0) is 48.9 Å². The molecule has 4 heterocycles. The highest BCUT2D eigenvalue weighted by atomic mass is 32.1. The monoisotopic (exact) mass is 403 g/mol. The molecule has 148 valence electrons. The van der Waals surface area contributed by atoms with Crippen LogP contribution in [0.2, 0.25) is 0 Å². The van der Waals surface area contributed by atoms with E-state index < -0.39 is 5.60 Å². The molecule has 4 nitrogen and oxygen atoms in total. The summed E-state index contributed by atoms with van der Waals surface area (Å²) in [6, 6.07) is 16.7. The molecule has 0 bridgehead atoms. The first kappa shape index (κ1) is 18.6. The highest BCUT2D eigenvalue weighted by Crippen LogP contribution is 2.36. The van der Waals surface area contributed by atoms with Crippen molar-refractivity contribution in [3.05, 3.63) is 76.8 Å². The van der Waals surface area contributed by atoms with E-state index in [0.717, 1.165) is 43.7 Å². The van der Waals surface area contributed by atoms with Crippen LogP contribution in [0.15, 0.2) is 60.1 Å². The van der Waals surface area contributed by atoms with Crippen molar-refractivity contribution in [2.45, 2.75) is 31.9 Å². The van der Waals surface area contributed by atoms with Crippen LogP contribution < -0.4 is 0 Å². The predicted octanol–water partition coefficient (Wildman–Crippen LogP) is 5.08. The molecule has 0 radical (unpaired) electrons. The van der Waals surface area contributed by atoms with Gasteiger partial charge in [-0.25, -0.2) is 4.98 Å². The van der Waals surface area contributed by atoms with Gasteiger partial charge in [0.25, 0.3) is 0 Å². The average Bonchev–Trinajstić information content (AvgIpc) is 3.38. The molecule has 1 aromatic carbocycles. The number of piperidine rings is 1. The number of hydrogen-bond acceptors (Lipinski definition) is 4. The summed E-state index contributed by atoms with van der Waals surface area (Å²) in [4.78, 5) is 11.8. The van der Waals surface area contributed by atoms with Crippen LogP contribution in [-0.4, -0.2) is 33.1 Å². The second kappa shape index (κ2) is 7.41. The summed E-state index contributed by atoms with van der Waals surface area (Å²) in [6.45, 7) is 4.70. The van der Waals surface area contributed by atoms with Gasteiger partial charge in [-0.2, -0.15) is 0 Å². The molecule has 0 saturated carbocycles. The summed E-state index contributed by atoms with van der Waals surface area (Å²) in [5, 5.41) is 14.5. The lowest BCUT2D eigenvalue weighted by Gasteiger charge is -2.38. The Morgan fingerprint density at radius 2 is 2.00 bits per heavy atom. The summed E-state index contributed by atoms with van der Waals surface area (Å²) >= 11 is 1.75. The van der Waals surface area contributed by atoms with E-state index in [2.05, 4.69) is 63.6 Å². The SMILES string of the molecule is Cc1cccc(C2(O)CCN(Cc3c(-c4cccs4)[nH]c4ncccc34)CC2)c1. The molecule has 1 aliphatic heterocycles. The van der Waals surface area contributed by atoms with Gasteiger partial charge in [0.05, 0.1) is 16.2 Å². The Kier molecular flexibility index (Phi) is 4.74. The Morgan fingerprint density at radius 3 is 2.76 bits per heavy atom. The lowest BCUT2D eigenvalue weighted by molar-refractivity contribution is -0.0276. The number of pyridine rings is 1. The van der Waals surface area contributed by atoms with E-state index in [4.69, 9.17) is 0 Å². The number of hydrogen-bond donors (Lipinski definition) is 2. The van der Waals surface area contributed by atoms with E-state index in [9.17, 15) is 5.11 Å². The molecule has 5 rings (SSSR count). The molecule has 0 spiro atoms. The van der Waals surface area contributed by atoms with Crippen LogP contribution in [-0.2, 0) is 12.1 Å². The largest absolute Gasteiger partial charge is 0.385 e. The van der Waals surface area contributed by atoms with Crippen molar-refractivity contribution in [3.63, 3.8) is 0 Å². The Hall–Kier alpha value is -2.47. The van der Waals surface area contributed by atoms with Gasteiger partial charge < -0.3 is 10.1 Å². The smallest absolute Gasteiger partial charge is 0.138 e. The van der Waals surface area contributed by atoms with E-state index in [1.54, 1.807) is 11.3 Å². The third-order valence-corrected chi connectivity index (χ3v) is 6.95. The molecule has 3 aromatic heterocycles. The van der Waals surface area contributed by atoms with Gasteiger partial charge in [0, 0.05) is 36.8 Å². The van der Waals surface area contributed by atoms with E-state index in [1.807, 2.05) is 18.3 Å². The first-order chi connectivity index (χ1) is 14.1. The third-order valence-electron chi connectivity index (χ3n) is 6.07. The van der Waals surface area contributed by atoms with Crippen molar-refractivity contribution in [1.82, 2.24) is 14.9 Å². The van der Waals surface area contributed by atoms with Gasteiger partial charge in [-0.3, -0.25) is 4.90 Å². The van der Waals surface area contributed by atoms with Crippen LogP contribution in [0.4, 0.5) is 0 Å². The number of nitrogens with zero attached hydrogens (tertiary/aromatic N) is 2. The normalized spacial score (nSPS) is 17.0. The molecule has 29 heavy (non-hydrogen) atoms. The zero-order valence-corrected chi connectivity index (χ0v) is 17.4. The fraction of sp³-hybridized carbons (Fsp3) is 0.292. The standard InChI is InChI=1S/C24H25N3OS/c1-17-5-2-6-18(15-17)24(28)9-12-27(13-10-24)16-20-19-7-3-11-25-23(19)26-22(20)21-8-4-14-29-21/h2-8,11,14-15,28H,9-10,12-13,16H2,1H3,(H,25,26). The maximum absolute atomic E-state index is 11.2. The number of rotatable bonds is 4. The minimum Gasteiger partial charge on any atom is -0.385 e. The number of likely N-dealkylation sites (tertiary alicyclic amines) is 1. The quantitative estimate of drug-likeness (QED) is 0.499. The number of aromatic amines is 1. The van der Waals surface area contributed by atoms with Crippen LogP contribution in [0, 0.1) is 6.92 Å². The average molecular weight is 404 g/mol. The van der Waals surface area contributed by atoms with E-state index in [0.29, 0.717) is 0 Å². The Bertz CT molecular complexity index is 1120. The highest BCUT2D eigenvalue weighted by Gasteiger charge is 2.34. The lowest BCUT2D eigenvalue weighted by atomic mass is 9.84. The molecular formula is C24H25N3OS. The zero-order chi connectivity index (χ0) is 19.8. The number of benzene rings is 1. The van der Waals surface area contributed by atoms with Crippen LogP contribution >= 0.6 is 11.3 Å². The van der Waals surface area contributed by atoms with Gasteiger partial charge in [0.1, 0.15) is 5.65 Å². The minimum atomic E-state index is -0.721. The van der Waals surface area contributed by atoms with Crippen molar-refractivity contribution in [2.24, 2.45) is 0 Å². The Balaban J connectivity index is 1.40. The molecule has 0 unspecified atom stereocenters. The van der Waals surface area contributed by atoms with Gasteiger partial charge in [0.15, 0.2) is 0 Å². The van der Waals surface area contributed by atoms with E-state index >= 15 is 0 Å². The fourth-order valence-electron chi connectivity index (χ4n) is 4.40. The van der Waals surface area contributed by atoms with Crippen molar-refractivity contribution in [3.8, 4) is 10.6 Å². The minimum absolute atomic E-state index is 0.721. The molecule has 5 heteroatoms. The van der Waals surface area contributed by atoms with E-state index in [1.165, 1.54) is 27.1 Å². The number of aliphatic hydroxyl groups is 1. The predicted molar refractivity (Wildman–Crippen MR) is 119 cm³/mol. The Morgan fingerprint density at radius 1 is 1.14 bits per heavy atom. The van der Waals surface area contributed by atoms with Crippen molar-refractivity contribution in [1.29, 1.82) is 0 Å². The molecule has 0 amide bonds. The van der Waals surface area contributed by atoms with Crippen LogP contribution in [0.25, 0.3) is 21.6 Å². The molecule has 1 fully saturated rings. The topological polar surface area (TPSA) is 52.1 Å². The Labute approximate surface area is 174 Å². The molecule has 4 aromatic rings. The maximum Gasteiger partial charge on any atom is 0.138 e. The van der Waals surface area contributed by atoms with Crippen molar-refractivity contribution in [2.75, 3.05) is 13.1 Å². The van der Waals surface area contributed by atoms with E-state index in [-0.39, 0.29) is 0 Å². The number of thiophene rings is 1. The number of nitrogens with one attached hydrogen (secondary N) is 1. The number of aromatic nitrogens is 2. The molecule has 2 N–H and O–H groups in total. The van der Waals surface area contributed by atoms with Gasteiger partial charge in [-0.15, -0.1) is 11.3 Å². The number of fused-ring (bicyclic) bond motifs is 1. The summed E-state index contributed by atoms with van der Waals surface area (Å²) < 4.78 is 0. The first-order valence-corrected chi connectivity index (χ1v) is 11.0. The van der Waals surface area contributed by atoms with Crippen LogP contribution in [0.5, 0.6) is 0 Å². The first-order valence-electron chi connectivity index (χ1n) is 10.1. The van der Waals surface area contributed by atoms with Crippen LogP contribution in [0.3, 0.4) is 0 Å². The molecule has 0 atom stereocenters. The second-order valence-corrected chi connectivity index (χ2v) is 8.98. The molecule has 0 aliphatic carbocycles. The molecule has 1 saturated heterocycles. The van der Waals surface area contributed by atoms with Gasteiger partial charge >= 0.3 is 0 Å². The summed E-state index contributed by atoms with van der Waals surface area (Å²) in [6.07, 6.45) is 3.35. The number of H-pyrrole nitrogens is 1. The van der Waals surface area contributed by atoms with Crippen LogP contribution in [0.1, 0.15) is 29.5 Å². The third kappa shape index (κ3) is 3.50. The lowest BCUT2D eigenvalue weighted by Crippen LogP contribution is -2.42.